The normalized spacial score (nSPS) is 10.6. The monoisotopic (exact) mass is 561 g/mol. The molecule has 0 saturated carbocycles. The lowest BCUT2D eigenvalue weighted by atomic mass is 10.1. The van der Waals surface area contributed by atoms with Gasteiger partial charge in [0.2, 0.25) is 5.91 Å². The third kappa shape index (κ3) is 11.0. The number of para-hydroxylation sites is 1. The van der Waals surface area contributed by atoms with Crippen LogP contribution in [0.3, 0.4) is 0 Å². The molecule has 0 aliphatic rings. The summed E-state index contributed by atoms with van der Waals surface area (Å²) in [5, 5.41) is 11.8. The highest BCUT2D eigenvalue weighted by atomic mass is 16.5. The SMILES string of the molecule is NCCCN(CCCCNC(=O)c1cccc(OCc2ccccc2)c1OCc1ccccc1)C(=O)CCC(=O)O. The summed E-state index contributed by atoms with van der Waals surface area (Å²) in [6.45, 7) is 2.42. The molecule has 0 radical (unpaired) electrons. The summed E-state index contributed by atoms with van der Waals surface area (Å²) < 4.78 is 12.2. The van der Waals surface area contributed by atoms with E-state index in [1.165, 1.54) is 0 Å². The second-order valence-electron chi connectivity index (χ2n) is 9.56. The third-order valence-electron chi connectivity index (χ3n) is 6.36. The molecule has 0 spiro atoms. The van der Waals surface area contributed by atoms with Gasteiger partial charge in [-0.1, -0.05) is 66.7 Å². The van der Waals surface area contributed by atoms with Gasteiger partial charge in [-0.15, -0.1) is 0 Å². The van der Waals surface area contributed by atoms with E-state index in [1.807, 2.05) is 60.7 Å². The number of rotatable bonds is 18. The first-order valence-electron chi connectivity index (χ1n) is 13.9. The van der Waals surface area contributed by atoms with Crippen molar-refractivity contribution in [3.63, 3.8) is 0 Å². The van der Waals surface area contributed by atoms with Gasteiger partial charge in [0.25, 0.3) is 5.91 Å². The molecular formula is C32H39N3O6. The molecule has 218 valence electrons. The fourth-order valence-corrected chi connectivity index (χ4v) is 4.16. The number of unbranched alkanes of at least 4 members (excludes halogenated alkanes) is 1. The maximum Gasteiger partial charge on any atom is 0.303 e. The molecule has 3 aromatic rings. The Morgan fingerprint density at radius 3 is 2.02 bits per heavy atom. The van der Waals surface area contributed by atoms with Crippen LogP contribution in [0.2, 0.25) is 0 Å². The van der Waals surface area contributed by atoms with E-state index in [-0.39, 0.29) is 31.3 Å². The van der Waals surface area contributed by atoms with Crippen molar-refractivity contribution >= 4 is 17.8 Å². The number of hydrogen-bond donors (Lipinski definition) is 3. The summed E-state index contributed by atoms with van der Waals surface area (Å²) in [5.41, 5.74) is 7.93. The Kier molecular flexibility index (Phi) is 13.2. The van der Waals surface area contributed by atoms with Crippen molar-refractivity contribution < 1.29 is 29.0 Å². The highest BCUT2D eigenvalue weighted by Gasteiger charge is 2.18. The number of carbonyl (C=O) groups excluding carboxylic acids is 2. The molecule has 4 N–H and O–H groups in total. The third-order valence-corrected chi connectivity index (χ3v) is 6.36. The van der Waals surface area contributed by atoms with Crippen LogP contribution in [0.15, 0.2) is 78.9 Å². The van der Waals surface area contributed by atoms with Gasteiger partial charge in [0, 0.05) is 26.1 Å². The van der Waals surface area contributed by atoms with Crippen molar-refractivity contribution in [1.29, 1.82) is 0 Å². The Bertz CT molecular complexity index is 1240. The molecule has 0 unspecified atom stereocenters. The molecule has 0 bridgehead atoms. The minimum atomic E-state index is -0.999. The number of ether oxygens (including phenoxy) is 2. The zero-order valence-corrected chi connectivity index (χ0v) is 23.3. The van der Waals surface area contributed by atoms with Crippen LogP contribution in [0.25, 0.3) is 0 Å². The van der Waals surface area contributed by atoms with Crippen LogP contribution in [0.4, 0.5) is 0 Å². The molecule has 0 aromatic heterocycles. The van der Waals surface area contributed by atoms with Crippen molar-refractivity contribution in [2.24, 2.45) is 5.73 Å². The van der Waals surface area contributed by atoms with Gasteiger partial charge in [-0.3, -0.25) is 14.4 Å². The Morgan fingerprint density at radius 2 is 1.39 bits per heavy atom. The van der Waals surface area contributed by atoms with Gasteiger partial charge in [0.05, 0.1) is 12.0 Å². The fourth-order valence-electron chi connectivity index (χ4n) is 4.16. The molecule has 3 aromatic carbocycles. The topological polar surface area (TPSA) is 131 Å². The van der Waals surface area contributed by atoms with Crippen molar-refractivity contribution in [1.82, 2.24) is 10.2 Å². The predicted molar refractivity (Wildman–Crippen MR) is 157 cm³/mol. The molecule has 0 fully saturated rings. The van der Waals surface area contributed by atoms with E-state index in [1.54, 1.807) is 23.1 Å². The maximum absolute atomic E-state index is 13.2. The van der Waals surface area contributed by atoms with Crippen LogP contribution >= 0.6 is 0 Å². The van der Waals surface area contributed by atoms with Gasteiger partial charge < -0.3 is 30.5 Å². The molecule has 0 saturated heterocycles. The smallest absolute Gasteiger partial charge is 0.303 e. The highest BCUT2D eigenvalue weighted by Crippen LogP contribution is 2.33. The molecule has 0 heterocycles. The first kappa shape index (κ1) is 31.2. The van der Waals surface area contributed by atoms with Crippen LogP contribution < -0.4 is 20.5 Å². The van der Waals surface area contributed by atoms with E-state index >= 15 is 0 Å². The van der Waals surface area contributed by atoms with Gasteiger partial charge in [-0.2, -0.15) is 0 Å². The number of carboxylic acids is 1. The van der Waals surface area contributed by atoms with Crippen LogP contribution in [0.1, 0.15) is 53.6 Å². The lowest BCUT2D eigenvalue weighted by molar-refractivity contribution is -0.141. The summed E-state index contributed by atoms with van der Waals surface area (Å²) in [6.07, 6.45) is 1.70. The van der Waals surface area contributed by atoms with E-state index in [4.69, 9.17) is 20.3 Å². The van der Waals surface area contributed by atoms with Gasteiger partial charge >= 0.3 is 5.97 Å². The molecule has 0 aliphatic heterocycles. The van der Waals surface area contributed by atoms with Gasteiger partial charge in [-0.25, -0.2) is 0 Å². The first-order chi connectivity index (χ1) is 20.0. The number of nitrogens with zero attached hydrogens (tertiary/aromatic N) is 1. The quantitative estimate of drug-likeness (QED) is 0.196. The van der Waals surface area contributed by atoms with Gasteiger partial charge in [0.15, 0.2) is 11.5 Å². The van der Waals surface area contributed by atoms with E-state index < -0.39 is 5.97 Å². The Morgan fingerprint density at radius 1 is 0.756 bits per heavy atom. The molecule has 3 rings (SSSR count). The standard InChI is InChI=1S/C32H39N3O6/c33-19-10-22-35(29(36)17-18-30(37)38)21-8-7-20-34-32(39)27-15-9-16-28(40-23-25-11-3-1-4-12-25)31(27)41-24-26-13-5-2-6-14-26/h1-6,9,11-16H,7-8,10,17-24,33H2,(H,34,39)(H,37,38). The molecule has 0 atom stereocenters. The van der Waals surface area contributed by atoms with E-state index in [0.29, 0.717) is 69.1 Å². The number of amides is 2. The fraction of sp³-hybridized carbons (Fsp3) is 0.344. The molecule has 2 amide bonds. The molecule has 0 aliphatic carbocycles. The number of nitrogens with two attached hydrogens (primary N) is 1. The number of carbonyl (C=O) groups is 3. The van der Waals surface area contributed by atoms with E-state index in [2.05, 4.69) is 5.32 Å². The summed E-state index contributed by atoms with van der Waals surface area (Å²) in [6, 6.07) is 24.7. The zero-order chi connectivity index (χ0) is 29.3. The number of carboxylic acid groups (broad SMARTS) is 1. The van der Waals surface area contributed by atoms with Crippen molar-refractivity contribution in [3.05, 3.63) is 95.6 Å². The number of aliphatic carboxylic acids is 1. The number of hydrogen-bond acceptors (Lipinski definition) is 6. The maximum atomic E-state index is 13.2. The first-order valence-corrected chi connectivity index (χ1v) is 13.9. The number of benzene rings is 3. The van der Waals surface area contributed by atoms with Crippen molar-refractivity contribution in [3.8, 4) is 11.5 Å². The Labute approximate surface area is 241 Å². The minimum Gasteiger partial charge on any atom is -0.485 e. The van der Waals surface area contributed by atoms with Crippen molar-refractivity contribution in [2.45, 2.75) is 45.3 Å². The van der Waals surface area contributed by atoms with Crippen LogP contribution in [-0.2, 0) is 22.8 Å². The Balaban J connectivity index is 1.60. The zero-order valence-electron chi connectivity index (χ0n) is 23.3. The Hall–Kier alpha value is -4.37. The average Bonchev–Trinajstić information content (AvgIpc) is 3.00. The number of nitrogens with one attached hydrogen (secondary N) is 1. The van der Waals surface area contributed by atoms with Crippen molar-refractivity contribution in [2.75, 3.05) is 26.2 Å². The summed E-state index contributed by atoms with van der Waals surface area (Å²) in [7, 11) is 0. The molecule has 9 heteroatoms. The second-order valence-corrected chi connectivity index (χ2v) is 9.56. The van der Waals surface area contributed by atoms with Crippen LogP contribution in [-0.4, -0.2) is 54.0 Å². The highest BCUT2D eigenvalue weighted by molar-refractivity contribution is 5.97. The average molecular weight is 562 g/mol. The summed E-state index contributed by atoms with van der Waals surface area (Å²) >= 11 is 0. The lowest BCUT2D eigenvalue weighted by Gasteiger charge is -2.22. The predicted octanol–water partition coefficient (Wildman–Crippen LogP) is 4.40. The van der Waals surface area contributed by atoms with Crippen LogP contribution in [0, 0.1) is 0 Å². The van der Waals surface area contributed by atoms with Crippen LogP contribution in [0.5, 0.6) is 11.5 Å². The van der Waals surface area contributed by atoms with E-state index in [9.17, 15) is 14.4 Å². The minimum absolute atomic E-state index is 0.0366. The molecule has 9 nitrogen and oxygen atoms in total. The summed E-state index contributed by atoms with van der Waals surface area (Å²) in [5.74, 6) is -0.621. The van der Waals surface area contributed by atoms with Gasteiger partial charge in [-0.05, 0) is 49.1 Å². The lowest BCUT2D eigenvalue weighted by Crippen LogP contribution is -2.34. The molecular weight excluding hydrogens is 522 g/mol. The van der Waals surface area contributed by atoms with Gasteiger partial charge in [0.1, 0.15) is 13.2 Å². The van der Waals surface area contributed by atoms with E-state index in [0.717, 1.165) is 11.1 Å². The largest absolute Gasteiger partial charge is 0.485 e. The molecule has 41 heavy (non-hydrogen) atoms. The summed E-state index contributed by atoms with van der Waals surface area (Å²) in [4.78, 5) is 38.1. The second kappa shape index (κ2) is 17.3.